The van der Waals surface area contributed by atoms with Gasteiger partial charge in [0.15, 0.2) is 12.4 Å². The summed E-state index contributed by atoms with van der Waals surface area (Å²) in [6.07, 6.45) is 17.0. The predicted octanol–water partition coefficient (Wildman–Crippen LogP) is 5.66. The molecule has 1 heterocycles. The number of hydrogen-bond donors (Lipinski definition) is 4. The van der Waals surface area contributed by atoms with Crippen molar-refractivity contribution in [2.75, 3.05) is 19.8 Å². The minimum Gasteiger partial charge on any atom is -0.462 e. The Hall–Kier alpha value is -1.56. The minimum absolute atomic E-state index is 0.219. The number of hydrogen-bond acceptors (Lipinski definition) is 10. The van der Waals surface area contributed by atoms with Crippen LogP contribution in [0.1, 0.15) is 142 Å². The molecule has 1 unspecified atom stereocenters. The molecule has 45 heavy (non-hydrogen) atoms. The van der Waals surface area contributed by atoms with Crippen LogP contribution in [0.5, 0.6) is 0 Å². The molecule has 0 amide bonds. The third-order valence-electron chi connectivity index (χ3n) is 8.15. The van der Waals surface area contributed by atoms with E-state index in [0.717, 1.165) is 64.2 Å². The Bertz CT molecular complexity index is 759. The maximum Gasteiger partial charge on any atom is 0.306 e. The summed E-state index contributed by atoms with van der Waals surface area (Å²) in [5.41, 5.74) is 0. The van der Waals surface area contributed by atoms with E-state index >= 15 is 0 Å². The topological polar surface area (TPSA) is 152 Å². The van der Waals surface area contributed by atoms with E-state index in [1.165, 1.54) is 44.9 Å². The average Bonchev–Trinajstić information content (AvgIpc) is 3.03. The molecule has 264 valence electrons. The van der Waals surface area contributed by atoms with Gasteiger partial charge < -0.3 is 39.4 Å². The van der Waals surface area contributed by atoms with Crippen molar-refractivity contribution in [3.8, 4) is 0 Å². The number of aliphatic hydroxyl groups excluding tert-OH is 4. The summed E-state index contributed by atoms with van der Waals surface area (Å²) in [5.74, 6) is -0.830. The van der Waals surface area contributed by atoms with E-state index in [1.54, 1.807) is 0 Å². The molecule has 10 nitrogen and oxygen atoms in total. The lowest BCUT2D eigenvalue weighted by molar-refractivity contribution is -0.305. The number of unbranched alkanes of at least 4 members (excludes halogenated alkanes) is 15. The number of esters is 2. The molecule has 0 aliphatic carbocycles. The van der Waals surface area contributed by atoms with E-state index < -0.39 is 55.4 Å². The van der Waals surface area contributed by atoms with Gasteiger partial charge in [0.25, 0.3) is 0 Å². The van der Waals surface area contributed by atoms with Gasteiger partial charge in [-0.2, -0.15) is 0 Å². The van der Waals surface area contributed by atoms with Gasteiger partial charge in [-0.25, -0.2) is 0 Å². The first-order valence-corrected chi connectivity index (χ1v) is 17.8. The Kier molecular flexibility index (Phi) is 25.4. The number of ether oxygens (including phenoxy) is 4. The lowest BCUT2D eigenvalue weighted by atomic mass is 9.99. The lowest BCUT2D eigenvalue weighted by Gasteiger charge is -2.39. The smallest absolute Gasteiger partial charge is 0.306 e. The fourth-order valence-electron chi connectivity index (χ4n) is 5.24. The molecule has 0 radical (unpaired) electrons. The van der Waals surface area contributed by atoms with Crippen LogP contribution in [0, 0.1) is 0 Å². The van der Waals surface area contributed by atoms with Crippen LogP contribution in [0.15, 0.2) is 12.2 Å². The molecule has 0 saturated carbocycles. The molecule has 1 fully saturated rings. The monoisotopic (exact) mass is 644 g/mol. The highest BCUT2D eigenvalue weighted by Crippen LogP contribution is 2.22. The maximum atomic E-state index is 12.6. The zero-order chi connectivity index (χ0) is 33.1. The minimum atomic E-state index is -1.59. The van der Waals surface area contributed by atoms with Crippen LogP contribution in [0.4, 0.5) is 0 Å². The van der Waals surface area contributed by atoms with Crippen molar-refractivity contribution in [2.45, 2.75) is 179 Å². The predicted molar refractivity (Wildman–Crippen MR) is 173 cm³/mol. The van der Waals surface area contributed by atoms with Crippen LogP contribution in [0.3, 0.4) is 0 Å². The second-order valence-electron chi connectivity index (χ2n) is 12.3. The summed E-state index contributed by atoms with van der Waals surface area (Å²) < 4.78 is 21.9. The summed E-state index contributed by atoms with van der Waals surface area (Å²) in [5, 5.41) is 39.7. The van der Waals surface area contributed by atoms with Crippen molar-refractivity contribution in [3.05, 3.63) is 12.2 Å². The first kappa shape index (κ1) is 41.5. The van der Waals surface area contributed by atoms with Crippen molar-refractivity contribution in [1.82, 2.24) is 0 Å². The molecule has 0 spiro atoms. The van der Waals surface area contributed by atoms with Crippen molar-refractivity contribution < 1.29 is 49.0 Å². The van der Waals surface area contributed by atoms with Crippen LogP contribution >= 0.6 is 0 Å². The van der Waals surface area contributed by atoms with Gasteiger partial charge in [0, 0.05) is 12.8 Å². The van der Waals surface area contributed by atoms with Crippen molar-refractivity contribution in [1.29, 1.82) is 0 Å². The van der Waals surface area contributed by atoms with Gasteiger partial charge in [0.05, 0.1) is 13.2 Å². The fourth-order valence-corrected chi connectivity index (χ4v) is 5.24. The molecular weight excluding hydrogens is 580 g/mol. The largest absolute Gasteiger partial charge is 0.462 e. The van der Waals surface area contributed by atoms with E-state index in [9.17, 15) is 30.0 Å². The molecule has 0 aromatic heterocycles. The number of allylic oxidation sites excluding steroid dienone is 2. The maximum absolute atomic E-state index is 12.6. The van der Waals surface area contributed by atoms with Crippen LogP contribution in [-0.2, 0) is 28.5 Å². The summed E-state index contributed by atoms with van der Waals surface area (Å²) in [4.78, 5) is 24.9. The van der Waals surface area contributed by atoms with Gasteiger partial charge in [0.2, 0.25) is 0 Å². The van der Waals surface area contributed by atoms with Crippen LogP contribution in [0.25, 0.3) is 0 Å². The summed E-state index contributed by atoms with van der Waals surface area (Å²) in [6, 6.07) is 0. The Labute approximate surface area is 271 Å². The summed E-state index contributed by atoms with van der Waals surface area (Å²) in [6.45, 7) is 3.28. The lowest BCUT2D eigenvalue weighted by Crippen LogP contribution is -2.59. The number of carbonyl (C=O) groups excluding carboxylic acids is 2. The second-order valence-corrected chi connectivity index (χ2v) is 12.3. The molecule has 10 heteroatoms. The zero-order valence-corrected chi connectivity index (χ0v) is 28.1. The quantitative estimate of drug-likeness (QED) is 0.0477. The molecular formula is C35H64O10. The third kappa shape index (κ3) is 20.3. The van der Waals surface area contributed by atoms with Gasteiger partial charge in [-0.3, -0.25) is 9.59 Å². The van der Waals surface area contributed by atoms with Gasteiger partial charge in [-0.15, -0.1) is 0 Å². The molecule has 1 aliphatic rings. The zero-order valence-electron chi connectivity index (χ0n) is 28.1. The third-order valence-corrected chi connectivity index (χ3v) is 8.15. The Balaban J connectivity index is 2.38. The molecule has 1 aliphatic heterocycles. The fraction of sp³-hybridized carbons (Fsp3) is 0.886. The SMILES string of the molecule is CCCCCCCC/C=C\CCCCCCCC(=O)OC(COC(=O)CCCCCCC)CO[C@@H]1O[C@H](CO)[C@@H](O)[C@H](O)[C@H]1O. The van der Waals surface area contributed by atoms with E-state index in [0.29, 0.717) is 6.42 Å². The molecule has 0 bridgehead atoms. The van der Waals surface area contributed by atoms with E-state index in [1.807, 2.05) is 0 Å². The van der Waals surface area contributed by atoms with E-state index in [2.05, 4.69) is 26.0 Å². The first-order valence-electron chi connectivity index (χ1n) is 17.8. The summed E-state index contributed by atoms with van der Waals surface area (Å²) in [7, 11) is 0. The number of carbonyl (C=O) groups is 2. The van der Waals surface area contributed by atoms with E-state index in [4.69, 9.17) is 18.9 Å². The Morgan fingerprint density at radius 1 is 0.667 bits per heavy atom. The highest BCUT2D eigenvalue weighted by atomic mass is 16.7. The van der Waals surface area contributed by atoms with Crippen molar-refractivity contribution in [2.24, 2.45) is 0 Å². The van der Waals surface area contributed by atoms with Gasteiger partial charge >= 0.3 is 11.9 Å². The van der Waals surface area contributed by atoms with Crippen molar-refractivity contribution in [3.63, 3.8) is 0 Å². The Morgan fingerprint density at radius 3 is 1.73 bits per heavy atom. The molecule has 4 N–H and O–H groups in total. The normalized spacial score (nSPS) is 22.5. The molecule has 6 atom stereocenters. The number of aliphatic hydroxyl groups is 4. The van der Waals surface area contributed by atoms with Crippen molar-refractivity contribution >= 4 is 11.9 Å². The number of rotatable bonds is 28. The van der Waals surface area contributed by atoms with Crippen LogP contribution in [-0.4, -0.2) is 89.0 Å². The molecule has 1 saturated heterocycles. The highest BCUT2D eigenvalue weighted by molar-refractivity contribution is 5.70. The molecule has 1 rings (SSSR count). The van der Waals surface area contributed by atoms with Gasteiger partial charge in [-0.1, -0.05) is 103 Å². The van der Waals surface area contributed by atoms with Gasteiger partial charge in [0.1, 0.15) is 31.0 Å². The van der Waals surface area contributed by atoms with Crippen LogP contribution in [0.2, 0.25) is 0 Å². The average molecular weight is 645 g/mol. The molecule has 0 aromatic carbocycles. The standard InChI is InChI=1S/C35H64O10/c1-3-5-7-9-10-11-12-13-14-15-16-17-18-20-22-24-31(38)44-28(26-42-30(37)23-21-19-8-6-4-2)27-43-35-34(41)33(40)32(39)29(25-36)45-35/h13-14,28-29,32-36,39-41H,3-12,15-27H2,1-2H3/b14-13-/t28?,29-,32-,33+,34-,35-/m1/s1. The first-order chi connectivity index (χ1) is 21.8. The molecule has 0 aromatic rings. The van der Waals surface area contributed by atoms with E-state index in [-0.39, 0.29) is 26.1 Å². The Morgan fingerprint density at radius 2 is 1.18 bits per heavy atom. The second kappa shape index (κ2) is 27.5. The van der Waals surface area contributed by atoms with Gasteiger partial charge in [-0.05, 0) is 38.5 Å². The summed E-state index contributed by atoms with van der Waals surface area (Å²) >= 11 is 0. The highest BCUT2D eigenvalue weighted by Gasteiger charge is 2.44. The van der Waals surface area contributed by atoms with Crippen LogP contribution < -0.4 is 0 Å².